The number of hydrogen-bond acceptors (Lipinski definition) is 3. The average Bonchev–Trinajstić information content (AvgIpc) is 2.37. The third kappa shape index (κ3) is 5.07. The lowest BCUT2D eigenvalue weighted by molar-refractivity contribution is -0.154. The molecule has 0 radical (unpaired) electrons. The van der Waals surface area contributed by atoms with Gasteiger partial charge in [-0.2, -0.15) is 0 Å². The molecule has 120 valence electrons. The van der Waals surface area contributed by atoms with Crippen molar-refractivity contribution in [1.82, 2.24) is 0 Å². The van der Waals surface area contributed by atoms with Crippen LogP contribution in [0.5, 0.6) is 0 Å². The molecule has 1 aromatic carbocycles. The van der Waals surface area contributed by atoms with E-state index in [0.29, 0.717) is 25.0 Å². The fraction of sp³-hybridized carbons (Fsp3) is 0.556. The van der Waals surface area contributed by atoms with Gasteiger partial charge < -0.3 is 4.74 Å². The first-order valence-corrected chi connectivity index (χ1v) is 8.86. The van der Waals surface area contributed by atoms with Crippen LogP contribution in [0.25, 0.3) is 0 Å². The summed E-state index contributed by atoms with van der Waals surface area (Å²) in [6, 6.07) is 4.36. The Morgan fingerprint density at radius 2 is 1.95 bits per heavy atom. The predicted octanol–water partition coefficient (Wildman–Crippen LogP) is 4.01. The second-order valence-corrected chi connectivity index (χ2v) is 8.03. The molecule has 0 amide bonds. The van der Waals surface area contributed by atoms with Crippen molar-refractivity contribution in [3.8, 4) is 0 Å². The maximum atomic E-state index is 11.7. The maximum absolute atomic E-state index is 11.7. The number of benzene rings is 1. The molecule has 1 aromatic rings. The minimum Gasteiger partial charge on any atom is -0.460 e. The highest BCUT2D eigenvalue weighted by Gasteiger charge is 2.18. The number of carbonyl (C=O) groups excluding carboxylic acids is 2. The van der Waals surface area contributed by atoms with E-state index in [1.807, 2.05) is 20.8 Å². The Labute approximate surface area is 146 Å². The zero-order chi connectivity index (χ0) is 16.3. The molecule has 0 bridgehead atoms. The molecule has 0 fully saturated rings. The van der Waals surface area contributed by atoms with Gasteiger partial charge in [-0.15, -0.1) is 0 Å². The molecule has 1 aliphatic carbocycles. The molecule has 0 saturated heterocycles. The van der Waals surface area contributed by atoms with E-state index >= 15 is 0 Å². The molecule has 4 heteroatoms. The lowest BCUT2D eigenvalue weighted by Gasteiger charge is -2.20. The van der Waals surface area contributed by atoms with Crippen LogP contribution in [0.2, 0.25) is 0 Å². The van der Waals surface area contributed by atoms with Crippen LogP contribution in [0.3, 0.4) is 0 Å². The van der Waals surface area contributed by atoms with Crippen LogP contribution in [0, 0.1) is 3.57 Å². The average molecular weight is 414 g/mol. The number of Topliss-reactive ketones (excluding diaryl/α,β-unsaturated/α-hetero) is 1. The molecule has 0 aliphatic heterocycles. The van der Waals surface area contributed by atoms with Crippen molar-refractivity contribution >= 4 is 34.3 Å². The Balaban J connectivity index is 1.94. The van der Waals surface area contributed by atoms with Crippen molar-refractivity contribution < 1.29 is 14.3 Å². The van der Waals surface area contributed by atoms with Crippen LogP contribution in [-0.2, 0) is 33.6 Å². The number of aryl methyl sites for hydroxylation is 2. The number of halogens is 1. The van der Waals surface area contributed by atoms with Crippen LogP contribution >= 0.6 is 22.6 Å². The lowest BCUT2D eigenvalue weighted by Crippen LogP contribution is -2.23. The van der Waals surface area contributed by atoms with Crippen molar-refractivity contribution in [2.45, 2.75) is 64.9 Å². The number of ether oxygens (including phenoxy) is 1. The Hall–Kier alpha value is -0.910. The summed E-state index contributed by atoms with van der Waals surface area (Å²) in [5.74, 6) is 0.184. The molecule has 0 spiro atoms. The van der Waals surface area contributed by atoms with Crippen molar-refractivity contribution in [2.75, 3.05) is 0 Å². The minimum absolute atomic E-state index is 0.143. The van der Waals surface area contributed by atoms with Crippen LogP contribution in [0.4, 0.5) is 0 Å². The second kappa shape index (κ2) is 7.11. The van der Waals surface area contributed by atoms with E-state index < -0.39 is 5.60 Å². The first kappa shape index (κ1) is 17.4. The van der Waals surface area contributed by atoms with E-state index in [4.69, 9.17) is 4.74 Å². The summed E-state index contributed by atoms with van der Waals surface area (Å²) in [4.78, 5) is 23.3. The molecule has 2 rings (SSSR count). The summed E-state index contributed by atoms with van der Waals surface area (Å²) < 4.78 is 6.56. The summed E-state index contributed by atoms with van der Waals surface area (Å²) in [6.07, 6.45) is 4.15. The molecule has 1 aliphatic rings. The Morgan fingerprint density at radius 3 is 2.64 bits per heavy atom. The van der Waals surface area contributed by atoms with E-state index in [1.165, 1.54) is 20.3 Å². The van der Waals surface area contributed by atoms with Gasteiger partial charge in [-0.05, 0) is 85.4 Å². The molecule has 0 saturated carbocycles. The summed E-state index contributed by atoms with van der Waals surface area (Å²) >= 11 is 2.35. The third-order valence-corrected chi connectivity index (χ3v) is 4.68. The summed E-state index contributed by atoms with van der Waals surface area (Å²) in [5, 5.41) is 0. The zero-order valence-corrected chi connectivity index (χ0v) is 15.7. The smallest absolute Gasteiger partial charge is 0.306 e. The fourth-order valence-corrected chi connectivity index (χ4v) is 3.49. The molecular weight excluding hydrogens is 391 g/mol. The van der Waals surface area contributed by atoms with Gasteiger partial charge in [-0.25, -0.2) is 0 Å². The van der Waals surface area contributed by atoms with Gasteiger partial charge >= 0.3 is 5.97 Å². The van der Waals surface area contributed by atoms with Crippen LogP contribution in [0.1, 0.15) is 56.7 Å². The van der Waals surface area contributed by atoms with Crippen LogP contribution in [-0.4, -0.2) is 17.4 Å². The molecule has 3 nitrogen and oxygen atoms in total. The second-order valence-electron chi connectivity index (χ2n) is 6.87. The monoisotopic (exact) mass is 414 g/mol. The molecule has 0 N–H and O–H groups in total. The van der Waals surface area contributed by atoms with Gasteiger partial charge in [0.05, 0.1) is 0 Å². The molecule has 0 aromatic heterocycles. The van der Waals surface area contributed by atoms with Gasteiger partial charge in [0.2, 0.25) is 0 Å². The fourth-order valence-electron chi connectivity index (χ4n) is 2.69. The van der Waals surface area contributed by atoms with Crippen LogP contribution < -0.4 is 0 Å². The number of esters is 1. The SMILES string of the molecule is CC(C)(C)OC(=O)CCCc1cc2c(cc1I)CCC(=O)C2. The van der Waals surface area contributed by atoms with E-state index in [2.05, 4.69) is 34.7 Å². The third-order valence-electron chi connectivity index (χ3n) is 3.68. The summed E-state index contributed by atoms with van der Waals surface area (Å²) in [6.45, 7) is 5.65. The number of rotatable bonds is 4. The predicted molar refractivity (Wildman–Crippen MR) is 95.0 cm³/mol. The van der Waals surface area contributed by atoms with E-state index in [-0.39, 0.29) is 5.97 Å². The minimum atomic E-state index is -0.419. The summed E-state index contributed by atoms with van der Waals surface area (Å²) in [5.41, 5.74) is 3.29. The molecule has 0 heterocycles. The number of ketones is 1. The van der Waals surface area contributed by atoms with Gasteiger partial charge in [0, 0.05) is 22.8 Å². The number of fused-ring (bicyclic) bond motifs is 1. The standard InChI is InChI=1S/C18H23IO3/c1-18(2,3)22-17(21)6-4-5-13-9-14-10-15(20)8-7-12(14)11-16(13)19/h9,11H,4-8,10H2,1-3H3. The molecular formula is C18H23IO3. The number of carbonyl (C=O) groups is 2. The molecule has 0 unspecified atom stereocenters. The highest BCUT2D eigenvalue weighted by Crippen LogP contribution is 2.26. The van der Waals surface area contributed by atoms with Gasteiger partial charge in [-0.1, -0.05) is 6.07 Å². The largest absolute Gasteiger partial charge is 0.460 e. The van der Waals surface area contributed by atoms with E-state index in [0.717, 1.165) is 19.3 Å². The van der Waals surface area contributed by atoms with Crippen LogP contribution in [0.15, 0.2) is 12.1 Å². The van der Waals surface area contributed by atoms with E-state index in [1.54, 1.807) is 0 Å². The zero-order valence-electron chi connectivity index (χ0n) is 13.5. The van der Waals surface area contributed by atoms with Crippen molar-refractivity contribution in [3.63, 3.8) is 0 Å². The Bertz CT molecular complexity index is 585. The first-order chi connectivity index (χ1) is 10.2. The van der Waals surface area contributed by atoms with Gasteiger partial charge in [0.25, 0.3) is 0 Å². The maximum Gasteiger partial charge on any atom is 0.306 e. The topological polar surface area (TPSA) is 43.4 Å². The highest BCUT2D eigenvalue weighted by molar-refractivity contribution is 14.1. The normalized spacial score (nSPS) is 14.6. The lowest BCUT2D eigenvalue weighted by atomic mass is 9.89. The quantitative estimate of drug-likeness (QED) is 0.553. The summed E-state index contributed by atoms with van der Waals surface area (Å²) in [7, 11) is 0. The highest BCUT2D eigenvalue weighted by atomic mass is 127. The Morgan fingerprint density at radius 1 is 1.23 bits per heavy atom. The van der Waals surface area contributed by atoms with Crippen molar-refractivity contribution in [3.05, 3.63) is 32.4 Å². The van der Waals surface area contributed by atoms with Gasteiger partial charge in [0.1, 0.15) is 11.4 Å². The Kier molecular flexibility index (Phi) is 5.64. The van der Waals surface area contributed by atoms with Gasteiger partial charge in [0.15, 0.2) is 0 Å². The van der Waals surface area contributed by atoms with Gasteiger partial charge in [-0.3, -0.25) is 9.59 Å². The number of hydrogen-bond donors (Lipinski definition) is 0. The van der Waals surface area contributed by atoms with Crippen molar-refractivity contribution in [2.24, 2.45) is 0 Å². The van der Waals surface area contributed by atoms with Crippen molar-refractivity contribution in [1.29, 1.82) is 0 Å². The molecule has 0 atom stereocenters. The molecule has 22 heavy (non-hydrogen) atoms. The first-order valence-electron chi connectivity index (χ1n) is 7.78. The van der Waals surface area contributed by atoms with E-state index in [9.17, 15) is 9.59 Å².